The fourth-order valence-corrected chi connectivity index (χ4v) is 8.95. The molecule has 0 spiro atoms. The van der Waals surface area contributed by atoms with E-state index >= 15 is 0 Å². The first kappa shape index (κ1) is 74.4. The van der Waals surface area contributed by atoms with Crippen molar-refractivity contribution in [2.45, 2.75) is 96.9 Å². The summed E-state index contributed by atoms with van der Waals surface area (Å²) in [6, 6.07) is 65.1. The molecular weight excluding hydrogens is 1600 g/mol. The molecule has 0 amide bonds. The van der Waals surface area contributed by atoms with E-state index in [4.69, 9.17) is 30.3 Å². The Kier molecular flexibility index (Phi) is 31.5. The van der Waals surface area contributed by atoms with Crippen molar-refractivity contribution in [3.8, 4) is 44.9 Å². The Morgan fingerprint density at radius 1 is 0.360 bits per heavy atom. The summed E-state index contributed by atoms with van der Waals surface area (Å²) in [5.41, 5.74) is 21.4. The first-order valence-corrected chi connectivity index (χ1v) is 27.2. The normalized spacial score (nSPS) is 10.7. The first-order chi connectivity index (χ1) is 39.3. The van der Waals surface area contributed by atoms with E-state index in [1.807, 2.05) is 12.1 Å². The second-order valence-corrected chi connectivity index (χ2v) is 20.7. The van der Waals surface area contributed by atoms with Crippen LogP contribution in [-0.2, 0) is 74.7 Å². The molecule has 0 unspecified atom stereocenters. The monoisotopic (exact) mass is 1680 g/mol. The number of ketones is 3. The van der Waals surface area contributed by atoms with Crippen LogP contribution in [-0.4, -0.2) is 47.6 Å². The third-order valence-electron chi connectivity index (χ3n) is 12.1. The van der Waals surface area contributed by atoms with Crippen molar-refractivity contribution in [2.24, 2.45) is 0 Å². The Morgan fingerprint density at radius 3 is 1.15 bits per heavy atom. The number of benzene rings is 7. The molecule has 10 rings (SSSR count). The number of carbonyl (C=O) groups is 3. The number of aliphatic hydroxyl groups is 3. The molecule has 0 atom stereocenters. The predicted octanol–water partition coefficient (Wildman–Crippen LogP) is 18.3. The molecule has 9 nitrogen and oxygen atoms in total. The number of aromatic nitrogens is 3. The number of aliphatic hydroxyl groups excluding tert-OH is 3. The van der Waals surface area contributed by atoms with Gasteiger partial charge in [0.05, 0.1) is 33.8 Å². The Bertz CT molecular complexity index is 3880. The summed E-state index contributed by atoms with van der Waals surface area (Å²) < 4.78 is 0. The number of aryl methyl sites for hydroxylation is 8. The number of allylic oxidation sites excluding steroid dienone is 6. The minimum Gasteiger partial charge on any atom is -0.512 e. The molecule has 0 saturated carbocycles. The second kappa shape index (κ2) is 36.4. The minimum absolute atomic E-state index is 0. The van der Waals surface area contributed by atoms with Gasteiger partial charge in [0.2, 0.25) is 0 Å². The Balaban J connectivity index is 0.000000374. The van der Waals surface area contributed by atoms with E-state index in [-0.39, 0.29) is 94.9 Å². The summed E-state index contributed by atoms with van der Waals surface area (Å²) in [5, 5.41) is 28.7. The zero-order chi connectivity index (χ0) is 60.9. The zero-order valence-corrected chi connectivity index (χ0v) is 58.3. The topological polar surface area (TPSA) is 151 Å². The summed E-state index contributed by atoms with van der Waals surface area (Å²) in [5.74, 6) is -0.187. The van der Waals surface area contributed by atoms with Gasteiger partial charge in [-0.1, -0.05) is 138 Å². The fraction of sp³-hybridized carbons (Fsp3) is 0.189. The van der Waals surface area contributed by atoms with Gasteiger partial charge in [-0.15, -0.1) is 105 Å². The van der Waals surface area contributed by atoms with Crippen molar-refractivity contribution < 1.29 is 90.0 Å². The van der Waals surface area contributed by atoms with Gasteiger partial charge in [0, 0.05) is 83.9 Å². The van der Waals surface area contributed by atoms with Gasteiger partial charge in [0.25, 0.3) is 0 Å². The third-order valence-corrected chi connectivity index (χ3v) is 12.1. The van der Waals surface area contributed by atoms with E-state index < -0.39 is 0 Å². The van der Waals surface area contributed by atoms with Crippen LogP contribution in [0.15, 0.2) is 193 Å². The maximum atomic E-state index is 10.0. The number of hydrogen-bond acceptors (Lipinski definition) is 9. The number of fused-ring (bicyclic) bond motifs is 3. The van der Waals surface area contributed by atoms with Crippen LogP contribution < -0.4 is 0 Å². The maximum Gasteiger partial charge on any atom is 0.155 e. The fourth-order valence-electron chi connectivity index (χ4n) is 8.95. The van der Waals surface area contributed by atoms with Gasteiger partial charge in [0.15, 0.2) is 17.3 Å². The maximum absolute atomic E-state index is 10.0. The molecule has 451 valence electrons. The molecule has 3 radical (unpaired) electrons. The van der Waals surface area contributed by atoms with E-state index in [0.717, 1.165) is 72.4 Å². The van der Waals surface area contributed by atoms with E-state index in [9.17, 15) is 14.4 Å². The Hall–Kier alpha value is -7.65. The zero-order valence-electron chi connectivity index (χ0n) is 51.2. The van der Waals surface area contributed by atoms with Crippen LogP contribution in [0, 0.1) is 73.6 Å². The van der Waals surface area contributed by atoms with Gasteiger partial charge < -0.3 is 15.3 Å². The average molecular weight is 1680 g/mol. The third kappa shape index (κ3) is 25.1. The first-order valence-electron chi connectivity index (χ1n) is 27.2. The standard InChI is InChI=1S/C23H18N.2C18H16N.3C5H8O2.3Ir/c1-16-12-17(2)14-21(13-16)23-11-9-20-15-19(8-10-22(20)24-23)18-6-4-3-5-7-18;1-12-4-6-17-15(9-12)5-7-18(19-17)16-10-13(2)8-14(3)11-16;1-12-8-13(2)10-15(9-12)18-11-14(3)16-6-4-5-7-17(16)19-18;3*1-4(6)3-5(2)7;;;/h3-13,15H,1-2H3;4-10H,1-3H3;4-9,11H,1-3H3;3*3,6H,1-2H3;;;/q3*-1;;;;;;. The van der Waals surface area contributed by atoms with Crippen LogP contribution in [0.25, 0.3) is 77.6 Å². The van der Waals surface area contributed by atoms with Gasteiger partial charge in [-0.05, 0) is 130 Å². The smallest absolute Gasteiger partial charge is 0.155 e. The molecule has 3 N–H and O–H groups in total. The number of para-hydroxylation sites is 1. The second-order valence-electron chi connectivity index (χ2n) is 20.7. The molecule has 3 aromatic heterocycles. The van der Waals surface area contributed by atoms with Crippen LogP contribution >= 0.6 is 0 Å². The number of hydrogen-bond donors (Lipinski definition) is 3. The molecule has 12 heteroatoms. The van der Waals surface area contributed by atoms with Crippen molar-refractivity contribution in [1.29, 1.82) is 0 Å². The molecule has 10 aromatic rings. The molecule has 0 bridgehead atoms. The van der Waals surface area contributed by atoms with E-state index in [0.29, 0.717) is 0 Å². The molecule has 7 aromatic carbocycles. The number of rotatable bonds is 7. The van der Waals surface area contributed by atoms with Gasteiger partial charge in [-0.2, -0.15) is 0 Å². The molecule has 0 saturated heterocycles. The molecule has 0 aliphatic carbocycles. The van der Waals surface area contributed by atoms with Crippen LogP contribution in [0.4, 0.5) is 0 Å². The molecular formula is C74H74Ir3N3O6-3. The van der Waals surface area contributed by atoms with Crippen molar-refractivity contribution in [2.75, 3.05) is 0 Å². The SMILES string of the molecule is CC(=O)C=C(C)O.CC(=O)C=C(C)O.CC(=O)C=C(C)O.Cc1[c-]c(-c2cc(C)c3ccccc3n2)cc(C)c1.Cc1[c-]c(-c2ccc3cc(-c4ccccc4)ccc3n2)cc(C)c1.Cc1[c-]c(-c2ccc3cc(C)ccc3n2)cc(C)c1.[Ir].[Ir].[Ir]. The van der Waals surface area contributed by atoms with Crippen molar-refractivity contribution in [1.82, 2.24) is 15.0 Å². The van der Waals surface area contributed by atoms with Gasteiger partial charge >= 0.3 is 0 Å². The molecule has 0 aliphatic rings. The van der Waals surface area contributed by atoms with Crippen molar-refractivity contribution in [3.63, 3.8) is 0 Å². The van der Waals surface area contributed by atoms with Crippen molar-refractivity contribution >= 4 is 50.1 Å². The summed E-state index contributed by atoms with van der Waals surface area (Å²) >= 11 is 0. The number of carbonyl (C=O) groups excluding carboxylic acids is 3. The molecule has 0 fully saturated rings. The summed E-state index contributed by atoms with van der Waals surface area (Å²) in [6.07, 6.45) is 3.50. The van der Waals surface area contributed by atoms with Gasteiger partial charge in [0.1, 0.15) is 0 Å². The van der Waals surface area contributed by atoms with Gasteiger partial charge in [-0.3, -0.25) is 29.3 Å². The van der Waals surface area contributed by atoms with E-state index in [1.165, 1.54) is 109 Å². The largest absolute Gasteiger partial charge is 0.512 e. The van der Waals surface area contributed by atoms with Crippen LogP contribution in [0.2, 0.25) is 0 Å². The Morgan fingerprint density at radius 2 is 0.744 bits per heavy atom. The predicted molar refractivity (Wildman–Crippen MR) is 343 cm³/mol. The molecule has 3 heterocycles. The van der Waals surface area contributed by atoms with Crippen LogP contribution in [0.5, 0.6) is 0 Å². The van der Waals surface area contributed by atoms with Crippen LogP contribution in [0.3, 0.4) is 0 Å². The van der Waals surface area contributed by atoms with Crippen LogP contribution in [0.1, 0.15) is 86.1 Å². The summed E-state index contributed by atoms with van der Waals surface area (Å²) in [4.78, 5) is 44.4. The minimum atomic E-state index is -0.125. The summed E-state index contributed by atoms with van der Waals surface area (Å²) in [7, 11) is 0. The van der Waals surface area contributed by atoms with E-state index in [1.54, 1.807) is 0 Å². The van der Waals surface area contributed by atoms with Crippen molar-refractivity contribution in [3.05, 3.63) is 256 Å². The number of pyridine rings is 3. The number of nitrogens with zero attached hydrogens (tertiary/aromatic N) is 3. The quantitative estimate of drug-likeness (QED) is 0.0805. The van der Waals surface area contributed by atoms with E-state index in [2.05, 4.69) is 219 Å². The molecule has 0 aliphatic heterocycles. The molecule has 86 heavy (non-hydrogen) atoms. The average Bonchev–Trinajstić information content (AvgIpc) is 2.83. The van der Waals surface area contributed by atoms with Gasteiger partial charge in [-0.25, -0.2) is 0 Å². The Labute approximate surface area is 548 Å². The summed E-state index contributed by atoms with van der Waals surface area (Å²) in [6.45, 7) is 25.3.